The molecule has 0 aliphatic rings. The second kappa shape index (κ2) is 12.5. The zero-order valence-electron chi connectivity index (χ0n) is 16.6. The molecule has 1 aromatic carbocycles. The van der Waals surface area contributed by atoms with Gasteiger partial charge < -0.3 is 9.47 Å². The lowest BCUT2D eigenvalue weighted by molar-refractivity contribution is -0.166. The summed E-state index contributed by atoms with van der Waals surface area (Å²) in [5.74, 6) is -0.954. The molecule has 4 nitrogen and oxygen atoms in total. The number of carbonyl (C=O) groups excluding carboxylic acids is 2. The molecule has 0 bridgehead atoms. The van der Waals surface area contributed by atoms with Crippen LogP contribution in [0.5, 0.6) is 0 Å². The number of rotatable bonds is 13. The number of ether oxygens (including phenoxy) is 2. The third-order valence-electron chi connectivity index (χ3n) is 4.58. The first-order chi connectivity index (χ1) is 12.6. The predicted molar refractivity (Wildman–Crippen MR) is 104 cm³/mol. The maximum atomic E-state index is 13.1. The molecule has 1 aromatic rings. The van der Waals surface area contributed by atoms with Gasteiger partial charge in [0.15, 0.2) is 5.41 Å². The summed E-state index contributed by atoms with van der Waals surface area (Å²) in [7, 11) is 0. The lowest BCUT2D eigenvalue weighted by Crippen LogP contribution is -2.46. The van der Waals surface area contributed by atoms with Gasteiger partial charge in [-0.05, 0) is 24.8 Å². The highest BCUT2D eigenvalue weighted by Gasteiger charge is 2.50. The molecule has 26 heavy (non-hydrogen) atoms. The van der Waals surface area contributed by atoms with Crippen molar-refractivity contribution >= 4 is 11.9 Å². The van der Waals surface area contributed by atoms with E-state index in [9.17, 15) is 9.59 Å². The molecule has 0 N–H and O–H groups in total. The van der Waals surface area contributed by atoms with Crippen molar-refractivity contribution in [2.75, 3.05) is 13.2 Å². The second-order valence-electron chi connectivity index (χ2n) is 6.71. The molecule has 0 aliphatic carbocycles. The summed E-state index contributed by atoms with van der Waals surface area (Å²) in [4.78, 5) is 26.2. The molecule has 0 unspecified atom stereocenters. The van der Waals surface area contributed by atoms with Crippen molar-refractivity contribution in [1.29, 1.82) is 0 Å². The van der Waals surface area contributed by atoms with Gasteiger partial charge in [-0.15, -0.1) is 0 Å². The van der Waals surface area contributed by atoms with Crippen LogP contribution in [0.25, 0.3) is 0 Å². The molecule has 0 spiro atoms. The zero-order valence-corrected chi connectivity index (χ0v) is 16.6. The second-order valence-corrected chi connectivity index (χ2v) is 6.71. The Kier molecular flexibility index (Phi) is 10.7. The van der Waals surface area contributed by atoms with E-state index < -0.39 is 17.4 Å². The molecule has 0 saturated heterocycles. The first kappa shape index (κ1) is 22.2. The third kappa shape index (κ3) is 6.15. The summed E-state index contributed by atoms with van der Waals surface area (Å²) >= 11 is 0. The summed E-state index contributed by atoms with van der Waals surface area (Å²) in [5.41, 5.74) is -0.697. The van der Waals surface area contributed by atoms with Crippen LogP contribution in [0.4, 0.5) is 0 Å². The first-order valence-corrected chi connectivity index (χ1v) is 10.0. The van der Waals surface area contributed by atoms with Crippen LogP contribution in [0.1, 0.15) is 77.7 Å². The van der Waals surface area contributed by atoms with E-state index in [0.717, 1.165) is 44.9 Å². The quantitative estimate of drug-likeness (QED) is 0.275. The molecular formula is C22H34O4. The van der Waals surface area contributed by atoms with Gasteiger partial charge in [-0.3, -0.25) is 9.59 Å². The smallest absolute Gasteiger partial charge is 0.328 e. The monoisotopic (exact) mass is 362 g/mol. The molecule has 146 valence electrons. The van der Waals surface area contributed by atoms with Crippen LogP contribution in [0.15, 0.2) is 30.3 Å². The van der Waals surface area contributed by atoms with Gasteiger partial charge in [0.25, 0.3) is 0 Å². The standard InChI is InChI=1S/C22H34O4/c1-4-7-13-16-22(19-14-11-10-12-15-19,20(23)25-17-8-5-2)21(24)26-18-9-6-3/h10-12,14-15H,4-9,13,16-18H2,1-3H3. The highest BCUT2D eigenvalue weighted by Crippen LogP contribution is 2.34. The Bertz CT molecular complexity index is 502. The minimum Gasteiger partial charge on any atom is -0.465 e. The summed E-state index contributed by atoms with van der Waals surface area (Å²) < 4.78 is 11.0. The molecule has 4 heteroatoms. The van der Waals surface area contributed by atoms with Crippen LogP contribution >= 0.6 is 0 Å². The Hall–Kier alpha value is -1.84. The Morgan fingerprint density at radius 1 is 0.769 bits per heavy atom. The van der Waals surface area contributed by atoms with E-state index >= 15 is 0 Å². The van der Waals surface area contributed by atoms with Crippen LogP contribution in [0.3, 0.4) is 0 Å². The number of unbranched alkanes of at least 4 members (excludes halogenated alkanes) is 4. The lowest BCUT2D eigenvalue weighted by atomic mass is 9.76. The van der Waals surface area contributed by atoms with Crippen LogP contribution in [0.2, 0.25) is 0 Å². The van der Waals surface area contributed by atoms with E-state index in [1.165, 1.54) is 0 Å². The van der Waals surface area contributed by atoms with Gasteiger partial charge in [-0.25, -0.2) is 0 Å². The van der Waals surface area contributed by atoms with Gasteiger partial charge in [0.1, 0.15) is 0 Å². The summed E-state index contributed by atoms with van der Waals surface area (Å²) in [6.45, 7) is 6.85. The number of benzene rings is 1. The Morgan fingerprint density at radius 2 is 1.27 bits per heavy atom. The largest absolute Gasteiger partial charge is 0.465 e. The fourth-order valence-corrected chi connectivity index (χ4v) is 2.90. The van der Waals surface area contributed by atoms with Crippen LogP contribution in [-0.4, -0.2) is 25.2 Å². The van der Waals surface area contributed by atoms with Gasteiger partial charge in [0.2, 0.25) is 0 Å². The van der Waals surface area contributed by atoms with Gasteiger partial charge in [-0.2, -0.15) is 0 Å². The molecular weight excluding hydrogens is 328 g/mol. The van der Waals surface area contributed by atoms with Crippen molar-refractivity contribution in [3.63, 3.8) is 0 Å². The van der Waals surface area contributed by atoms with Crippen molar-refractivity contribution in [3.8, 4) is 0 Å². The number of hydrogen-bond acceptors (Lipinski definition) is 4. The molecule has 0 fully saturated rings. The molecule has 0 amide bonds. The Morgan fingerprint density at radius 3 is 1.73 bits per heavy atom. The molecule has 0 saturated carbocycles. The number of esters is 2. The van der Waals surface area contributed by atoms with Crippen molar-refractivity contribution in [1.82, 2.24) is 0 Å². The van der Waals surface area contributed by atoms with Crippen molar-refractivity contribution in [2.45, 2.75) is 77.6 Å². The summed E-state index contributed by atoms with van der Waals surface area (Å²) in [5, 5.41) is 0. The zero-order chi connectivity index (χ0) is 19.3. The van der Waals surface area contributed by atoms with E-state index in [2.05, 4.69) is 6.92 Å². The van der Waals surface area contributed by atoms with Gasteiger partial charge >= 0.3 is 11.9 Å². The summed E-state index contributed by atoms with van der Waals surface area (Å²) in [6, 6.07) is 9.23. The lowest BCUT2D eigenvalue weighted by Gasteiger charge is -2.30. The van der Waals surface area contributed by atoms with Gasteiger partial charge in [0, 0.05) is 0 Å². The number of hydrogen-bond donors (Lipinski definition) is 0. The molecule has 1 rings (SSSR count). The van der Waals surface area contributed by atoms with Crippen molar-refractivity contribution < 1.29 is 19.1 Å². The number of carbonyl (C=O) groups is 2. The fraction of sp³-hybridized carbons (Fsp3) is 0.636. The van der Waals surface area contributed by atoms with Gasteiger partial charge in [0.05, 0.1) is 13.2 Å². The van der Waals surface area contributed by atoms with E-state index in [-0.39, 0.29) is 0 Å². The minimum absolute atomic E-state index is 0.333. The third-order valence-corrected chi connectivity index (χ3v) is 4.58. The maximum Gasteiger partial charge on any atom is 0.328 e. The molecule has 0 aliphatic heterocycles. The molecule has 0 heterocycles. The van der Waals surface area contributed by atoms with E-state index in [4.69, 9.17) is 9.47 Å². The van der Waals surface area contributed by atoms with Crippen LogP contribution in [0, 0.1) is 0 Å². The highest BCUT2D eigenvalue weighted by atomic mass is 16.6. The average molecular weight is 363 g/mol. The van der Waals surface area contributed by atoms with E-state index in [1.807, 2.05) is 44.2 Å². The Labute approximate surface area is 158 Å². The molecule has 0 radical (unpaired) electrons. The minimum atomic E-state index is -1.36. The SMILES string of the molecule is CCCCCC(C(=O)OCCCC)(C(=O)OCCCC)c1ccccc1. The molecule has 0 aromatic heterocycles. The van der Waals surface area contributed by atoms with Crippen molar-refractivity contribution in [3.05, 3.63) is 35.9 Å². The fourth-order valence-electron chi connectivity index (χ4n) is 2.90. The molecule has 0 atom stereocenters. The van der Waals surface area contributed by atoms with Gasteiger partial charge in [-0.1, -0.05) is 83.2 Å². The van der Waals surface area contributed by atoms with Crippen molar-refractivity contribution in [2.24, 2.45) is 0 Å². The predicted octanol–water partition coefficient (Wildman–Crippen LogP) is 5.19. The Balaban J connectivity index is 3.17. The van der Waals surface area contributed by atoms with Crippen LogP contribution in [-0.2, 0) is 24.5 Å². The maximum absolute atomic E-state index is 13.1. The van der Waals surface area contributed by atoms with Crippen LogP contribution < -0.4 is 0 Å². The highest BCUT2D eigenvalue weighted by molar-refractivity contribution is 6.06. The summed E-state index contributed by atoms with van der Waals surface area (Å²) in [6.07, 6.45) is 6.61. The average Bonchev–Trinajstić information content (AvgIpc) is 2.66. The van der Waals surface area contributed by atoms with E-state index in [0.29, 0.717) is 25.2 Å². The first-order valence-electron chi connectivity index (χ1n) is 10.0. The normalized spacial score (nSPS) is 11.2. The van der Waals surface area contributed by atoms with E-state index in [1.54, 1.807) is 0 Å². The topological polar surface area (TPSA) is 52.6 Å².